The number of ether oxygens (including phenoxy) is 2. The fourth-order valence-electron chi connectivity index (χ4n) is 6.71. The van der Waals surface area contributed by atoms with Crippen LogP contribution in [-0.2, 0) is 19.1 Å². The number of likely N-dealkylation sites (tertiary alicyclic amines) is 1. The van der Waals surface area contributed by atoms with Crippen LogP contribution in [-0.4, -0.2) is 59.8 Å². The lowest BCUT2D eigenvalue weighted by Crippen LogP contribution is -2.40. The van der Waals surface area contributed by atoms with Crippen molar-refractivity contribution >= 4 is 23.3 Å². The number of rotatable bonds is 10. The fraction of sp³-hybridized carbons (Fsp3) is 0.361. The Labute approximate surface area is 263 Å². The van der Waals surface area contributed by atoms with Crippen LogP contribution in [0.25, 0.3) is 0 Å². The van der Waals surface area contributed by atoms with E-state index in [1.165, 1.54) is 30.4 Å². The van der Waals surface area contributed by atoms with Gasteiger partial charge in [-0.2, -0.15) is 0 Å². The highest BCUT2D eigenvalue weighted by Crippen LogP contribution is 2.42. The van der Waals surface area contributed by atoms with Crippen molar-refractivity contribution in [2.75, 3.05) is 26.7 Å². The molecular weight excluding hydrogens is 570 g/mol. The molecule has 0 N–H and O–H groups in total. The van der Waals surface area contributed by atoms with Gasteiger partial charge in [0.05, 0.1) is 17.6 Å². The van der Waals surface area contributed by atoms with Crippen LogP contribution in [0.5, 0.6) is 0 Å². The molecule has 45 heavy (non-hydrogen) atoms. The van der Waals surface area contributed by atoms with E-state index in [1.54, 1.807) is 26.0 Å². The lowest BCUT2D eigenvalue weighted by Gasteiger charge is -2.33. The number of methoxy groups -OCH3 is 1. The maximum absolute atomic E-state index is 14.0. The van der Waals surface area contributed by atoms with Gasteiger partial charge in [-0.15, -0.1) is 0 Å². The van der Waals surface area contributed by atoms with Crippen LogP contribution in [0.15, 0.2) is 101 Å². The monoisotopic (exact) mass is 609 g/mol. The van der Waals surface area contributed by atoms with Gasteiger partial charge in [-0.3, -0.25) is 24.8 Å². The largest absolute Gasteiger partial charge is 0.468 e. The first kappa shape index (κ1) is 31.8. The molecule has 5 rings (SSSR count). The number of carbonyl (C=O) groups excluding carboxylic acids is 2. The minimum Gasteiger partial charge on any atom is -0.468 e. The van der Waals surface area contributed by atoms with E-state index >= 15 is 0 Å². The van der Waals surface area contributed by atoms with Crippen LogP contribution >= 0.6 is 0 Å². The second-order valence-electron chi connectivity index (χ2n) is 12.1. The average Bonchev–Trinajstić information content (AvgIpc) is 3.41. The molecule has 9 heteroatoms. The maximum Gasteiger partial charge on any atom is 0.337 e. The van der Waals surface area contributed by atoms with Gasteiger partial charge in [0.1, 0.15) is 11.5 Å². The molecule has 9 nitrogen and oxygen atoms in total. The van der Waals surface area contributed by atoms with Crippen LogP contribution in [0.3, 0.4) is 0 Å². The normalized spacial score (nSPS) is 21.8. The van der Waals surface area contributed by atoms with Crippen LogP contribution in [0, 0.1) is 16.0 Å². The van der Waals surface area contributed by atoms with Crippen LogP contribution in [0.4, 0.5) is 5.69 Å². The Morgan fingerprint density at radius 3 is 2.27 bits per heavy atom. The Morgan fingerprint density at radius 2 is 1.67 bits per heavy atom. The van der Waals surface area contributed by atoms with Gasteiger partial charge < -0.3 is 9.47 Å². The molecule has 234 valence electrons. The van der Waals surface area contributed by atoms with E-state index in [1.807, 2.05) is 19.1 Å². The zero-order chi connectivity index (χ0) is 32.1. The summed E-state index contributed by atoms with van der Waals surface area (Å²) in [5.74, 6) is -2.69. The summed E-state index contributed by atoms with van der Waals surface area (Å²) in [7, 11) is 1.28. The van der Waals surface area contributed by atoms with Crippen LogP contribution < -0.4 is 0 Å². The van der Waals surface area contributed by atoms with Gasteiger partial charge in [-0.05, 0) is 50.4 Å². The molecule has 0 amide bonds. The Morgan fingerprint density at radius 1 is 1.02 bits per heavy atom. The maximum atomic E-state index is 14.0. The topological polar surface area (TPSA) is 111 Å². The van der Waals surface area contributed by atoms with E-state index in [4.69, 9.17) is 9.47 Å². The van der Waals surface area contributed by atoms with E-state index in [0.29, 0.717) is 29.9 Å². The molecule has 2 unspecified atom stereocenters. The van der Waals surface area contributed by atoms with Gasteiger partial charge in [0.15, 0.2) is 0 Å². The summed E-state index contributed by atoms with van der Waals surface area (Å²) in [5, 5.41) is 11.6. The fourth-order valence-corrected chi connectivity index (χ4v) is 6.71. The Hall–Kier alpha value is -4.63. The number of esters is 2. The lowest BCUT2D eigenvalue weighted by molar-refractivity contribution is -0.384. The summed E-state index contributed by atoms with van der Waals surface area (Å²) in [6.45, 7) is 7.50. The van der Waals surface area contributed by atoms with Gasteiger partial charge in [-0.25, -0.2) is 4.79 Å². The molecule has 0 spiro atoms. The number of nitrogens with zero attached hydrogens (tertiary/aromatic N) is 3. The van der Waals surface area contributed by atoms with Gasteiger partial charge in [0, 0.05) is 54.9 Å². The highest BCUT2D eigenvalue weighted by atomic mass is 16.6. The summed E-state index contributed by atoms with van der Waals surface area (Å²) >= 11 is 0. The predicted octanol–water partition coefficient (Wildman–Crippen LogP) is 6.45. The molecule has 1 fully saturated rings. The van der Waals surface area contributed by atoms with Crippen molar-refractivity contribution in [1.82, 2.24) is 4.90 Å². The van der Waals surface area contributed by atoms with E-state index in [2.05, 4.69) is 58.4 Å². The summed E-state index contributed by atoms with van der Waals surface area (Å²) in [5.41, 5.74) is 3.18. The summed E-state index contributed by atoms with van der Waals surface area (Å²) in [4.78, 5) is 45.0. The van der Waals surface area contributed by atoms with Gasteiger partial charge in [0.25, 0.3) is 5.69 Å². The third-order valence-electron chi connectivity index (χ3n) is 8.94. The number of allylic oxidation sites excluding steroid dienone is 1. The molecule has 0 radical (unpaired) electrons. The summed E-state index contributed by atoms with van der Waals surface area (Å²) < 4.78 is 11.3. The first-order valence-electron chi connectivity index (χ1n) is 15.2. The van der Waals surface area contributed by atoms with E-state index < -0.39 is 34.3 Å². The van der Waals surface area contributed by atoms with Crippen LogP contribution in [0.1, 0.15) is 62.1 Å². The van der Waals surface area contributed by atoms with Crippen molar-refractivity contribution < 1.29 is 24.0 Å². The number of nitro benzene ring substituents is 1. The molecule has 3 atom stereocenters. The van der Waals surface area contributed by atoms with Crippen molar-refractivity contribution in [3.63, 3.8) is 0 Å². The quantitative estimate of drug-likeness (QED) is 0.148. The zero-order valence-corrected chi connectivity index (χ0v) is 26.1. The highest BCUT2D eigenvalue weighted by Gasteiger charge is 2.45. The van der Waals surface area contributed by atoms with Crippen molar-refractivity contribution in [2.24, 2.45) is 10.9 Å². The van der Waals surface area contributed by atoms with Crippen LogP contribution in [0.2, 0.25) is 0 Å². The standard InChI is InChI=1S/C36H39N3O6/c1-24-31(34(40)44-4)33(28-16-11-17-29(22-28)39(42)43)32(25(2)37-24)35(41)45-36(3)19-21-38(23-36)20-18-30(26-12-7-5-8-13-26)27-14-9-6-10-15-27/h5-17,22,30-31,33H,18-21,23H2,1-4H3/t31?,33-,36?/m1/s1. The summed E-state index contributed by atoms with van der Waals surface area (Å²) in [6.07, 6.45) is 1.56. The molecular formula is C36H39N3O6. The first-order chi connectivity index (χ1) is 21.6. The molecule has 0 aliphatic carbocycles. The van der Waals surface area contributed by atoms with Crippen molar-refractivity contribution in [3.05, 3.63) is 123 Å². The van der Waals surface area contributed by atoms with Crippen molar-refractivity contribution in [3.8, 4) is 0 Å². The Bertz CT molecular complexity index is 1580. The number of carbonyl (C=O) groups is 2. The summed E-state index contributed by atoms with van der Waals surface area (Å²) in [6, 6.07) is 27.0. The minimum absolute atomic E-state index is 0.135. The lowest BCUT2D eigenvalue weighted by atomic mass is 9.75. The Balaban J connectivity index is 1.35. The molecule has 3 aromatic rings. The third kappa shape index (κ3) is 7.04. The van der Waals surface area contributed by atoms with Gasteiger partial charge in [-0.1, -0.05) is 72.8 Å². The number of benzene rings is 3. The molecule has 0 aromatic heterocycles. The second-order valence-corrected chi connectivity index (χ2v) is 12.1. The second kappa shape index (κ2) is 13.6. The van der Waals surface area contributed by atoms with Gasteiger partial charge in [0.2, 0.25) is 0 Å². The van der Waals surface area contributed by atoms with Gasteiger partial charge >= 0.3 is 11.9 Å². The number of nitro groups is 1. The third-order valence-corrected chi connectivity index (χ3v) is 8.94. The van der Waals surface area contributed by atoms with E-state index in [9.17, 15) is 19.7 Å². The van der Waals surface area contributed by atoms with E-state index in [0.717, 1.165) is 19.5 Å². The van der Waals surface area contributed by atoms with Crippen molar-refractivity contribution in [2.45, 2.75) is 51.0 Å². The predicted molar refractivity (Wildman–Crippen MR) is 172 cm³/mol. The Kier molecular flexibility index (Phi) is 9.58. The number of hydrogen-bond donors (Lipinski definition) is 0. The molecule has 0 saturated carbocycles. The molecule has 2 aliphatic heterocycles. The van der Waals surface area contributed by atoms with E-state index in [-0.39, 0.29) is 17.2 Å². The zero-order valence-electron chi connectivity index (χ0n) is 26.1. The molecule has 0 bridgehead atoms. The minimum atomic E-state index is -0.927. The molecule has 1 saturated heterocycles. The smallest absolute Gasteiger partial charge is 0.337 e. The number of non-ortho nitro benzene ring substituents is 1. The number of hydrogen-bond acceptors (Lipinski definition) is 8. The molecule has 2 aliphatic rings. The first-order valence-corrected chi connectivity index (χ1v) is 15.2. The highest BCUT2D eigenvalue weighted by molar-refractivity contribution is 6.07. The number of aliphatic imine (C=N–C) groups is 1. The SMILES string of the molecule is COC(=O)C1C(C)=NC(C)=C(C(=O)OC2(C)CCN(CCC(c3ccccc3)c3ccccc3)C2)[C@@H]1c1cccc([N+](=O)[O-])c1. The molecule has 2 heterocycles. The average molecular weight is 610 g/mol. The molecule has 3 aromatic carbocycles. The van der Waals surface area contributed by atoms with Crippen molar-refractivity contribution in [1.29, 1.82) is 0 Å².